The van der Waals surface area contributed by atoms with E-state index in [0.717, 1.165) is 36.0 Å². The molecule has 0 spiro atoms. The summed E-state index contributed by atoms with van der Waals surface area (Å²) in [5, 5.41) is 6.72. The van der Waals surface area contributed by atoms with Crippen LogP contribution in [-0.4, -0.2) is 43.2 Å². The molecule has 0 radical (unpaired) electrons. The van der Waals surface area contributed by atoms with E-state index in [4.69, 9.17) is 0 Å². The standard InChI is InChI=1S/C19H25F2N5OS.HI/c1-3-22-19(23-10-17-13(2)24-12-28-17)25-14-8-9-26(11-14)15-6-4-5-7-16(15)27-18(20)21;/h4-7,12,14,18H,3,8-11H2,1-2H3,(H2,22,23,25);1H. The fraction of sp³-hybridized carbons (Fsp3) is 0.474. The summed E-state index contributed by atoms with van der Waals surface area (Å²) >= 11 is 1.60. The van der Waals surface area contributed by atoms with Crippen LogP contribution in [0.5, 0.6) is 5.75 Å². The Morgan fingerprint density at radius 2 is 2.21 bits per heavy atom. The van der Waals surface area contributed by atoms with E-state index in [1.54, 1.807) is 23.5 Å². The molecule has 2 aromatic rings. The first-order chi connectivity index (χ1) is 13.6. The van der Waals surface area contributed by atoms with Gasteiger partial charge in [0.1, 0.15) is 5.75 Å². The minimum absolute atomic E-state index is 0. The van der Waals surface area contributed by atoms with Crippen LogP contribution in [0.1, 0.15) is 23.9 Å². The molecule has 1 aliphatic heterocycles. The summed E-state index contributed by atoms with van der Waals surface area (Å²) in [6.07, 6.45) is 0.882. The van der Waals surface area contributed by atoms with Gasteiger partial charge in [-0.3, -0.25) is 0 Å². The Kier molecular flexibility index (Phi) is 9.34. The Hall–Kier alpha value is -1.69. The summed E-state index contributed by atoms with van der Waals surface area (Å²) in [5.41, 5.74) is 3.52. The van der Waals surface area contributed by atoms with Crippen molar-refractivity contribution < 1.29 is 13.5 Å². The highest BCUT2D eigenvalue weighted by atomic mass is 127. The highest BCUT2D eigenvalue weighted by Crippen LogP contribution is 2.31. The van der Waals surface area contributed by atoms with Gasteiger partial charge in [-0.2, -0.15) is 8.78 Å². The minimum atomic E-state index is -2.83. The summed E-state index contributed by atoms with van der Waals surface area (Å²) in [7, 11) is 0. The molecule has 0 amide bonds. The number of benzene rings is 1. The first kappa shape index (κ1) is 23.6. The molecule has 1 aromatic heterocycles. The molecule has 0 saturated carbocycles. The number of alkyl halides is 2. The van der Waals surface area contributed by atoms with Gasteiger partial charge in [0, 0.05) is 30.6 Å². The van der Waals surface area contributed by atoms with E-state index >= 15 is 0 Å². The normalized spacial score (nSPS) is 16.7. The zero-order chi connectivity index (χ0) is 19.9. The second kappa shape index (κ2) is 11.5. The molecule has 3 rings (SSSR count). The first-order valence-electron chi connectivity index (χ1n) is 9.29. The van der Waals surface area contributed by atoms with Crippen molar-refractivity contribution in [3.05, 3.63) is 40.3 Å². The zero-order valence-corrected chi connectivity index (χ0v) is 19.5. The van der Waals surface area contributed by atoms with Crippen LogP contribution in [0.25, 0.3) is 0 Å². The third kappa shape index (κ3) is 6.66. The lowest BCUT2D eigenvalue weighted by molar-refractivity contribution is -0.0495. The van der Waals surface area contributed by atoms with Crippen LogP contribution in [0.4, 0.5) is 14.5 Å². The van der Waals surface area contributed by atoms with Crippen LogP contribution in [0.15, 0.2) is 34.8 Å². The summed E-state index contributed by atoms with van der Waals surface area (Å²) in [6.45, 7) is 3.95. The molecular formula is C19H26F2IN5OS. The van der Waals surface area contributed by atoms with Gasteiger partial charge in [-0.15, -0.1) is 35.3 Å². The molecule has 29 heavy (non-hydrogen) atoms. The van der Waals surface area contributed by atoms with Gasteiger partial charge in [0.15, 0.2) is 5.96 Å². The number of ether oxygens (including phenoxy) is 1. The molecule has 1 aromatic carbocycles. The number of anilines is 1. The Balaban J connectivity index is 0.00000300. The maximum atomic E-state index is 12.7. The number of hydrogen-bond donors (Lipinski definition) is 2. The Labute approximate surface area is 190 Å². The number of aryl methyl sites for hydroxylation is 1. The van der Waals surface area contributed by atoms with E-state index in [-0.39, 0.29) is 35.8 Å². The van der Waals surface area contributed by atoms with Crippen LogP contribution < -0.4 is 20.3 Å². The van der Waals surface area contributed by atoms with Gasteiger partial charge in [0.05, 0.1) is 23.4 Å². The smallest absolute Gasteiger partial charge is 0.387 e. The third-order valence-corrected chi connectivity index (χ3v) is 5.44. The molecule has 1 aliphatic rings. The number of hydrogen-bond acceptors (Lipinski definition) is 5. The topological polar surface area (TPSA) is 61.8 Å². The summed E-state index contributed by atoms with van der Waals surface area (Å²) in [5.74, 6) is 0.957. The number of thiazole rings is 1. The molecule has 10 heteroatoms. The van der Waals surface area contributed by atoms with Crippen molar-refractivity contribution in [1.82, 2.24) is 15.6 Å². The van der Waals surface area contributed by atoms with E-state index in [9.17, 15) is 8.78 Å². The number of rotatable bonds is 7. The number of aliphatic imine (C=N–C) groups is 1. The van der Waals surface area contributed by atoms with Gasteiger partial charge in [-0.05, 0) is 32.4 Å². The van der Waals surface area contributed by atoms with Crippen LogP contribution in [0.2, 0.25) is 0 Å². The SMILES string of the molecule is CCNC(=NCc1scnc1C)NC1CCN(c2ccccc2OC(F)F)C1.I. The summed E-state index contributed by atoms with van der Waals surface area (Å²) in [6, 6.07) is 7.08. The van der Waals surface area contributed by atoms with E-state index < -0.39 is 6.61 Å². The Bertz CT molecular complexity index is 804. The Morgan fingerprint density at radius 3 is 2.90 bits per heavy atom. The van der Waals surface area contributed by atoms with Gasteiger partial charge < -0.3 is 20.3 Å². The molecule has 1 unspecified atom stereocenters. The van der Waals surface area contributed by atoms with Crippen molar-refractivity contribution in [2.45, 2.75) is 39.5 Å². The van der Waals surface area contributed by atoms with E-state index in [0.29, 0.717) is 18.8 Å². The molecule has 1 saturated heterocycles. The number of nitrogens with one attached hydrogen (secondary N) is 2. The number of halogens is 3. The molecule has 1 atom stereocenters. The van der Waals surface area contributed by atoms with Crippen LogP contribution in [0.3, 0.4) is 0 Å². The monoisotopic (exact) mass is 537 g/mol. The maximum absolute atomic E-state index is 12.7. The fourth-order valence-corrected chi connectivity index (χ4v) is 3.85. The molecule has 1 fully saturated rings. The van der Waals surface area contributed by atoms with Gasteiger partial charge >= 0.3 is 6.61 Å². The minimum Gasteiger partial charge on any atom is -0.433 e. The number of nitrogens with zero attached hydrogens (tertiary/aromatic N) is 3. The number of para-hydroxylation sites is 2. The van der Waals surface area contributed by atoms with Gasteiger partial charge in [-0.1, -0.05) is 12.1 Å². The van der Waals surface area contributed by atoms with Gasteiger partial charge in [-0.25, -0.2) is 9.98 Å². The van der Waals surface area contributed by atoms with Crippen molar-refractivity contribution >= 4 is 47.0 Å². The first-order valence-corrected chi connectivity index (χ1v) is 10.2. The van der Waals surface area contributed by atoms with Crippen molar-refractivity contribution in [2.24, 2.45) is 4.99 Å². The van der Waals surface area contributed by atoms with Crippen LogP contribution in [-0.2, 0) is 6.54 Å². The Morgan fingerprint density at radius 1 is 1.41 bits per heavy atom. The average molecular weight is 537 g/mol. The van der Waals surface area contributed by atoms with Crippen molar-refractivity contribution in [1.29, 1.82) is 0 Å². The summed E-state index contributed by atoms with van der Waals surface area (Å²) < 4.78 is 30.0. The molecule has 2 N–H and O–H groups in total. The molecular weight excluding hydrogens is 511 g/mol. The lowest BCUT2D eigenvalue weighted by Gasteiger charge is -2.22. The lowest BCUT2D eigenvalue weighted by Crippen LogP contribution is -2.44. The second-order valence-corrected chi connectivity index (χ2v) is 7.42. The highest BCUT2D eigenvalue weighted by molar-refractivity contribution is 14.0. The van der Waals surface area contributed by atoms with Crippen LogP contribution in [0, 0.1) is 6.92 Å². The molecule has 0 bridgehead atoms. The molecule has 160 valence electrons. The third-order valence-electron chi connectivity index (χ3n) is 4.52. The van der Waals surface area contributed by atoms with Gasteiger partial charge in [0.25, 0.3) is 0 Å². The van der Waals surface area contributed by atoms with Crippen LogP contribution >= 0.6 is 35.3 Å². The largest absolute Gasteiger partial charge is 0.433 e. The number of aromatic nitrogens is 1. The number of guanidine groups is 1. The van der Waals surface area contributed by atoms with E-state index in [1.165, 1.54) is 0 Å². The highest BCUT2D eigenvalue weighted by Gasteiger charge is 2.26. The van der Waals surface area contributed by atoms with Crippen molar-refractivity contribution in [3.8, 4) is 5.75 Å². The fourth-order valence-electron chi connectivity index (χ4n) is 3.15. The van der Waals surface area contributed by atoms with Gasteiger partial charge in [0.2, 0.25) is 0 Å². The van der Waals surface area contributed by atoms with E-state index in [1.807, 2.05) is 31.5 Å². The van der Waals surface area contributed by atoms with Crippen molar-refractivity contribution in [2.75, 3.05) is 24.5 Å². The second-order valence-electron chi connectivity index (χ2n) is 6.48. The maximum Gasteiger partial charge on any atom is 0.387 e. The predicted octanol–water partition coefficient (Wildman–Crippen LogP) is 4.00. The predicted molar refractivity (Wildman–Crippen MR) is 124 cm³/mol. The quantitative estimate of drug-likeness (QED) is 0.318. The zero-order valence-electron chi connectivity index (χ0n) is 16.4. The molecule has 6 nitrogen and oxygen atoms in total. The molecule has 2 heterocycles. The van der Waals surface area contributed by atoms with E-state index in [2.05, 4.69) is 30.2 Å². The summed E-state index contributed by atoms with van der Waals surface area (Å²) in [4.78, 5) is 12.1. The average Bonchev–Trinajstić information content (AvgIpc) is 3.29. The molecule has 0 aliphatic carbocycles. The van der Waals surface area contributed by atoms with Crippen molar-refractivity contribution in [3.63, 3.8) is 0 Å². The lowest BCUT2D eigenvalue weighted by atomic mass is 10.2.